The molecule has 0 fully saturated rings. The molecule has 2 rings (SSSR count). The van der Waals surface area contributed by atoms with Gasteiger partial charge in [-0.3, -0.25) is 10.1 Å². The largest absolute Gasteiger partial charge is 0.353 e. The minimum atomic E-state index is -0.467. The van der Waals surface area contributed by atoms with Crippen molar-refractivity contribution in [3.63, 3.8) is 0 Å². The first-order valence-corrected chi connectivity index (χ1v) is 8.29. The van der Waals surface area contributed by atoms with Crippen LogP contribution < -0.4 is 10.6 Å². The van der Waals surface area contributed by atoms with Crippen molar-refractivity contribution in [2.75, 3.05) is 36.8 Å². The van der Waals surface area contributed by atoms with Gasteiger partial charge in [0.15, 0.2) is 0 Å². The van der Waals surface area contributed by atoms with Crippen LogP contribution in [0.3, 0.4) is 0 Å². The molecule has 0 unspecified atom stereocenters. The molecule has 9 nitrogen and oxygen atoms in total. The number of non-ortho nitro benzene ring substituents is 1. The Morgan fingerprint density at radius 2 is 1.92 bits per heavy atom. The lowest BCUT2D eigenvalue weighted by molar-refractivity contribution is -0.384. The first kappa shape index (κ1) is 18.8. The van der Waals surface area contributed by atoms with Crippen LogP contribution in [0.15, 0.2) is 24.3 Å². The number of aromatic nitrogens is 3. The number of benzene rings is 1. The number of halogens is 1. The van der Waals surface area contributed by atoms with Gasteiger partial charge >= 0.3 is 0 Å². The van der Waals surface area contributed by atoms with Gasteiger partial charge < -0.3 is 15.5 Å². The SMILES string of the molecule is CCN(CC)CCNc1nc(Cl)nc(Nc2cccc([N+](=O)[O-])c2)n1. The highest BCUT2D eigenvalue weighted by Gasteiger charge is 2.09. The number of nitrogens with one attached hydrogen (secondary N) is 2. The molecule has 0 saturated heterocycles. The standard InChI is InChI=1S/C15H20ClN7O2/c1-3-22(4-2)9-8-17-14-19-13(16)20-15(21-14)18-11-6-5-7-12(10-11)23(24)25/h5-7,10H,3-4,8-9H2,1-2H3,(H2,17,18,19,20,21). The molecule has 0 aliphatic rings. The number of nitro groups is 1. The summed E-state index contributed by atoms with van der Waals surface area (Å²) in [5, 5.41) is 16.9. The molecule has 134 valence electrons. The Balaban J connectivity index is 2.05. The van der Waals surface area contributed by atoms with E-state index in [1.807, 2.05) is 0 Å². The quantitative estimate of drug-likeness (QED) is 0.515. The topological polar surface area (TPSA) is 109 Å². The van der Waals surface area contributed by atoms with Crippen LogP contribution in [0.25, 0.3) is 0 Å². The number of anilines is 3. The molecule has 0 aliphatic carbocycles. The number of nitro benzene ring substituents is 1. The van der Waals surface area contributed by atoms with Crippen LogP contribution in [0.2, 0.25) is 5.28 Å². The van der Waals surface area contributed by atoms with E-state index in [1.54, 1.807) is 12.1 Å². The maximum absolute atomic E-state index is 10.8. The van der Waals surface area contributed by atoms with E-state index in [9.17, 15) is 10.1 Å². The maximum atomic E-state index is 10.8. The monoisotopic (exact) mass is 365 g/mol. The van der Waals surface area contributed by atoms with Crippen molar-refractivity contribution in [3.8, 4) is 0 Å². The van der Waals surface area contributed by atoms with Crippen molar-refractivity contribution < 1.29 is 4.92 Å². The Morgan fingerprint density at radius 1 is 1.20 bits per heavy atom. The minimum Gasteiger partial charge on any atom is -0.353 e. The summed E-state index contributed by atoms with van der Waals surface area (Å²) < 4.78 is 0. The fourth-order valence-electron chi connectivity index (χ4n) is 2.18. The zero-order valence-electron chi connectivity index (χ0n) is 14.1. The number of hydrogen-bond donors (Lipinski definition) is 2. The van der Waals surface area contributed by atoms with Crippen LogP contribution in [-0.2, 0) is 0 Å². The third kappa shape index (κ3) is 5.80. The van der Waals surface area contributed by atoms with Gasteiger partial charge in [-0.2, -0.15) is 15.0 Å². The van der Waals surface area contributed by atoms with Gasteiger partial charge in [-0.1, -0.05) is 19.9 Å². The van der Waals surface area contributed by atoms with Crippen molar-refractivity contribution in [1.29, 1.82) is 0 Å². The normalized spacial score (nSPS) is 10.7. The van der Waals surface area contributed by atoms with Gasteiger partial charge in [0.2, 0.25) is 17.2 Å². The molecule has 0 bridgehead atoms. The van der Waals surface area contributed by atoms with E-state index in [4.69, 9.17) is 11.6 Å². The fraction of sp³-hybridized carbons (Fsp3) is 0.400. The van der Waals surface area contributed by atoms with Gasteiger partial charge in [0.05, 0.1) is 4.92 Å². The third-order valence-electron chi connectivity index (χ3n) is 3.53. The lowest BCUT2D eigenvalue weighted by Gasteiger charge is -2.18. The van der Waals surface area contributed by atoms with Crippen molar-refractivity contribution in [3.05, 3.63) is 39.7 Å². The van der Waals surface area contributed by atoms with Gasteiger partial charge in [-0.15, -0.1) is 0 Å². The summed E-state index contributed by atoms with van der Waals surface area (Å²) in [5.41, 5.74) is 0.466. The molecule has 1 heterocycles. The summed E-state index contributed by atoms with van der Waals surface area (Å²) in [5.74, 6) is 0.561. The molecule has 25 heavy (non-hydrogen) atoms. The van der Waals surface area contributed by atoms with E-state index < -0.39 is 4.92 Å². The van der Waals surface area contributed by atoms with Crippen molar-refractivity contribution in [2.45, 2.75) is 13.8 Å². The predicted octanol–water partition coefficient (Wildman–Crippen LogP) is 2.93. The average molecular weight is 366 g/mol. The van der Waals surface area contributed by atoms with Gasteiger partial charge in [0.25, 0.3) is 5.69 Å². The van der Waals surface area contributed by atoms with Crippen LogP contribution in [0.5, 0.6) is 0 Å². The summed E-state index contributed by atoms with van der Waals surface area (Å²) >= 11 is 5.93. The van der Waals surface area contributed by atoms with Gasteiger partial charge in [-0.05, 0) is 30.8 Å². The summed E-state index contributed by atoms with van der Waals surface area (Å²) in [6, 6.07) is 6.06. The minimum absolute atomic E-state index is 0.0253. The molecular formula is C15H20ClN7O2. The van der Waals surface area contributed by atoms with Crippen LogP contribution in [0.1, 0.15) is 13.8 Å². The number of hydrogen-bond acceptors (Lipinski definition) is 8. The summed E-state index contributed by atoms with van der Waals surface area (Å²) in [7, 11) is 0. The molecule has 0 aliphatic heterocycles. The highest BCUT2D eigenvalue weighted by atomic mass is 35.5. The fourth-order valence-corrected chi connectivity index (χ4v) is 2.34. The van der Waals surface area contributed by atoms with Crippen LogP contribution in [0.4, 0.5) is 23.3 Å². The van der Waals surface area contributed by atoms with Gasteiger partial charge in [-0.25, -0.2) is 0 Å². The number of likely N-dealkylation sites (N-methyl/N-ethyl adjacent to an activating group) is 1. The number of nitrogens with zero attached hydrogens (tertiary/aromatic N) is 5. The van der Waals surface area contributed by atoms with Gasteiger partial charge in [0, 0.05) is 30.9 Å². The van der Waals surface area contributed by atoms with E-state index in [0.717, 1.165) is 19.6 Å². The zero-order valence-corrected chi connectivity index (χ0v) is 14.8. The summed E-state index contributed by atoms with van der Waals surface area (Å²) in [6.07, 6.45) is 0. The smallest absolute Gasteiger partial charge is 0.271 e. The van der Waals surface area contributed by atoms with E-state index >= 15 is 0 Å². The molecule has 2 aromatic rings. The summed E-state index contributed by atoms with van der Waals surface area (Å²) in [4.78, 5) is 24.9. The molecule has 1 aromatic carbocycles. The summed E-state index contributed by atoms with van der Waals surface area (Å²) in [6.45, 7) is 7.66. The van der Waals surface area contributed by atoms with Crippen LogP contribution in [-0.4, -0.2) is 51.0 Å². The molecule has 0 amide bonds. The molecule has 10 heteroatoms. The molecule has 0 saturated carbocycles. The molecule has 1 aromatic heterocycles. The molecular weight excluding hydrogens is 346 g/mol. The highest BCUT2D eigenvalue weighted by Crippen LogP contribution is 2.20. The Kier molecular flexibility index (Phi) is 6.84. The Bertz CT molecular complexity index is 725. The zero-order chi connectivity index (χ0) is 18.2. The Morgan fingerprint density at radius 3 is 2.60 bits per heavy atom. The molecule has 0 radical (unpaired) electrons. The second-order valence-electron chi connectivity index (χ2n) is 5.14. The first-order chi connectivity index (χ1) is 12.0. The second kappa shape index (κ2) is 9.09. The van der Waals surface area contributed by atoms with Crippen LogP contribution in [0, 0.1) is 10.1 Å². The lowest BCUT2D eigenvalue weighted by Crippen LogP contribution is -2.29. The molecule has 0 atom stereocenters. The van der Waals surface area contributed by atoms with Crippen LogP contribution >= 0.6 is 11.6 Å². The first-order valence-electron chi connectivity index (χ1n) is 7.91. The molecule has 0 spiro atoms. The van der Waals surface area contributed by atoms with E-state index in [1.165, 1.54) is 12.1 Å². The average Bonchev–Trinajstić information content (AvgIpc) is 2.58. The highest BCUT2D eigenvalue weighted by molar-refractivity contribution is 6.28. The van der Waals surface area contributed by atoms with E-state index in [0.29, 0.717) is 18.2 Å². The van der Waals surface area contributed by atoms with Crippen molar-refractivity contribution >= 4 is 34.9 Å². The van der Waals surface area contributed by atoms with Crippen molar-refractivity contribution in [1.82, 2.24) is 19.9 Å². The van der Waals surface area contributed by atoms with E-state index in [2.05, 4.69) is 44.3 Å². The second-order valence-corrected chi connectivity index (χ2v) is 5.48. The van der Waals surface area contributed by atoms with Crippen molar-refractivity contribution in [2.24, 2.45) is 0 Å². The van der Waals surface area contributed by atoms with E-state index in [-0.39, 0.29) is 16.9 Å². The predicted molar refractivity (Wildman–Crippen MR) is 97.5 cm³/mol. The molecule has 2 N–H and O–H groups in total. The Labute approximate surface area is 150 Å². The van der Waals surface area contributed by atoms with Gasteiger partial charge in [0.1, 0.15) is 0 Å². The Hall–Kier alpha value is -2.52. The lowest BCUT2D eigenvalue weighted by atomic mass is 10.3. The maximum Gasteiger partial charge on any atom is 0.271 e. The number of rotatable bonds is 9. The third-order valence-corrected chi connectivity index (χ3v) is 3.70.